The summed E-state index contributed by atoms with van der Waals surface area (Å²) in [7, 11) is 0. The van der Waals surface area contributed by atoms with Crippen LogP contribution in [0.1, 0.15) is 40.5 Å². The predicted octanol–water partition coefficient (Wildman–Crippen LogP) is 1.59. The topological polar surface area (TPSA) is 48.1 Å². The standard InChI is InChI=1S/2C7H16N2S2.Zn/c2*1-3-6(2)8-4-5-9-7(10)11;/h2*6,8H,3-5H2,1-2H3,(H2,9,10,11);/q;;+2/p-2. The first-order valence-corrected chi connectivity index (χ1v) is 9.33. The Labute approximate surface area is 177 Å². The molecule has 0 fully saturated rings. The zero-order valence-corrected chi connectivity index (χ0v) is 21.0. The third-order valence-electron chi connectivity index (χ3n) is 3.00. The van der Waals surface area contributed by atoms with Gasteiger partial charge in [0.2, 0.25) is 0 Å². The third kappa shape index (κ3) is 27.9. The van der Waals surface area contributed by atoms with Crippen LogP contribution in [-0.4, -0.2) is 46.9 Å². The van der Waals surface area contributed by atoms with Crippen molar-refractivity contribution in [3.8, 4) is 0 Å². The summed E-state index contributed by atoms with van der Waals surface area (Å²) in [5.74, 6) is 0. The number of thiocarbonyl (C=S) groups is 2. The molecular weight excluding hydrogens is 418 g/mol. The summed E-state index contributed by atoms with van der Waals surface area (Å²) in [5.41, 5.74) is 0. The van der Waals surface area contributed by atoms with Gasteiger partial charge in [-0.1, -0.05) is 22.5 Å². The number of hydrogen-bond donors (Lipinski definition) is 4. The maximum Gasteiger partial charge on any atom is 2.00 e. The van der Waals surface area contributed by atoms with Gasteiger partial charge in [0, 0.05) is 38.3 Å². The molecule has 4 nitrogen and oxygen atoms in total. The molecule has 0 saturated heterocycles. The van der Waals surface area contributed by atoms with Gasteiger partial charge in [-0.2, -0.15) is 0 Å². The second-order valence-electron chi connectivity index (χ2n) is 4.96. The van der Waals surface area contributed by atoms with Gasteiger partial charge in [0.05, 0.1) is 0 Å². The van der Waals surface area contributed by atoms with E-state index in [1.807, 2.05) is 0 Å². The van der Waals surface area contributed by atoms with Crippen molar-refractivity contribution in [2.45, 2.75) is 52.6 Å². The fourth-order valence-electron chi connectivity index (χ4n) is 1.25. The molecule has 0 aliphatic rings. The van der Waals surface area contributed by atoms with Crippen LogP contribution >= 0.6 is 24.4 Å². The molecule has 0 aromatic heterocycles. The number of rotatable bonds is 10. The van der Waals surface area contributed by atoms with E-state index in [1.165, 1.54) is 0 Å². The Balaban J connectivity index is -0.000000333. The van der Waals surface area contributed by atoms with E-state index in [9.17, 15) is 0 Å². The summed E-state index contributed by atoms with van der Waals surface area (Å²) >= 11 is 18.7. The molecular formula is C14H30N4S4Zn. The van der Waals surface area contributed by atoms with Crippen molar-refractivity contribution < 1.29 is 19.5 Å². The Morgan fingerprint density at radius 2 is 1.09 bits per heavy atom. The molecule has 9 heteroatoms. The second-order valence-corrected chi connectivity index (χ2v) is 7.11. The summed E-state index contributed by atoms with van der Waals surface area (Å²) in [6.45, 7) is 12.1. The third-order valence-corrected chi connectivity index (χ3v) is 3.58. The first-order chi connectivity index (χ1) is 10.3. The van der Waals surface area contributed by atoms with Crippen LogP contribution in [0.3, 0.4) is 0 Å². The summed E-state index contributed by atoms with van der Waals surface area (Å²) in [6.07, 6.45) is 2.30. The molecule has 0 heterocycles. The molecule has 0 rings (SSSR count). The molecule has 2 unspecified atom stereocenters. The molecule has 0 aliphatic heterocycles. The van der Waals surface area contributed by atoms with Gasteiger partial charge < -0.3 is 71.0 Å². The van der Waals surface area contributed by atoms with Crippen LogP contribution in [0.5, 0.6) is 0 Å². The smallest absolute Gasteiger partial charge is 0.412 e. The molecule has 0 amide bonds. The SMILES string of the molecule is CCC(C)NCCNC(=S)[S-].CCC(C)NCCNC(=S)[S-].[Zn+2]. The number of nitrogens with one attached hydrogen (secondary N) is 4. The van der Waals surface area contributed by atoms with Crippen LogP contribution in [0.15, 0.2) is 0 Å². The van der Waals surface area contributed by atoms with Gasteiger partial charge in [-0.15, -0.1) is 0 Å². The largest absolute Gasteiger partial charge is 2.00 e. The van der Waals surface area contributed by atoms with Gasteiger partial charge >= 0.3 is 19.5 Å². The number of hydrogen-bond acceptors (Lipinski definition) is 6. The van der Waals surface area contributed by atoms with E-state index >= 15 is 0 Å². The Kier molecular flexibility index (Phi) is 25.8. The molecule has 0 aromatic carbocycles. The molecule has 2 atom stereocenters. The van der Waals surface area contributed by atoms with Gasteiger partial charge in [-0.3, -0.25) is 0 Å². The Hall–Kier alpha value is 0.763. The van der Waals surface area contributed by atoms with Crippen molar-refractivity contribution in [3.05, 3.63) is 0 Å². The van der Waals surface area contributed by atoms with E-state index in [0.717, 1.165) is 39.0 Å². The maximum absolute atomic E-state index is 4.68. The quantitative estimate of drug-likeness (QED) is 0.174. The van der Waals surface area contributed by atoms with Crippen molar-refractivity contribution in [2.75, 3.05) is 26.2 Å². The van der Waals surface area contributed by atoms with Crippen molar-refractivity contribution in [1.82, 2.24) is 21.3 Å². The summed E-state index contributed by atoms with van der Waals surface area (Å²) in [4.78, 5) is 0. The minimum absolute atomic E-state index is 0. The maximum atomic E-state index is 4.68. The van der Waals surface area contributed by atoms with Crippen molar-refractivity contribution in [1.29, 1.82) is 0 Å². The van der Waals surface area contributed by atoms with E-state index < -0.39 is 0 Å². The molecule has 23 heavy (non-hydrogen) atoms. The zero-order chi connectivity index (χ0) is 17.4. The first kappa shape index (κ1) is 28.6. The Morgan fingerprint density at radius 1 is 0.783 bits per heavy atom. The van der Waals surface area contributed by atoms with Crippen LogP contribution in [0.2, 0.25) is 0 Å². The summed E-state index contributed by atoms with van der Waals surface area (Å²) < 4.78 is 0.909. The van der Waals surface area contributed by atoms with Gasteiger partial charge in [0.1, 0.15) is 0 Å². The Bertz CT molecular complexity index is 268. The van der Waals surface area contributed by atoms with Crippen LogP contribution < -0.4 is 21.3 Å². The van der Waals surface area contributed by atoms with Crippen molar-refractivity contribution >= 4 is 58.3 Å². The summed E-state index contributed by atoms with van der Waals surface area (Å²) in [6, 6.07) is 1.16. The molecule has 4 N–H and O–H groups in total. The van der Waals surface area contributed by atoms with Crippen LogP contribution in [0.4, 0.5) is 0 Å². The predicted molar refractivity (Wildman–Crippen MR) is 111 cm³/mol. The molecule has 132 valence electrons. The van der Waals surface area contributed by atoms with E-state index in [-0.39, 0.29) is 19.5 Å². The normalized spacial score (nSPS) is 12.0. The van der Waals surface area contributed by atoms with Crippen molar-refractivity contribution in [2.24, 2.45) is 0 Å². The molecule has 0 aromatic rings. The molecule has 0 saturated carbocycles. The van der Waals surface area contributed by atoms with E-state index in [2.05, 4.69) is 98.7 Å². The average Bonchev–Trinajstić information content (AvgIpc) is 2.47. The molecule has 0 bridgehead atoms. The second kappa shape index (κ2) is 20.8. The van der Waals surface area contributed by atoms with Crippen LogP contribution in [0.25, 0.3) is 0 Å². The van der Waals surface area contributed by atoms with Crippen LogP contribution in [-0.2, 0) is 44.7 Å². The minimum atomic E-state index is 0. The molecule has 0 aliphatic carbocycles. The van der Waals surface area contributed by atoms with E-state index in [0.29, 0.717) is 20.7 Å². The zero-order valence-electron chi connectivity index (χ0n) is 14.7. The molecule has 0 spiro atoms. The van der Waals surface area contributed by atoms with E-state index in [4.69, 9.17) is 0 Å². The summed E-state index contributed by atoms with van der Waals surface area (Å²) in [5, 5.41) is 12.5. The average molecular weight is 448 g/mol. The van der Waals surface area contributed by atoms with Gasteiger partial charge in [-0.25, -0.2) is 0 Å². The van der Waals surface area contributed by atoms with Gasteiger partial charge in [-0.05, 0) is 26.7 Å². The minimum Gasteiger partial charge on any atom is -0.412 e. The fourth-order valence-corrected chi connectivity index (χ4v) is 1.66. The van der Waals surface area contributed by atoms with Gasteiger partial charge in [0.15, 0.2) is 0 Å². The van der Waals surface area contributed by atoms with E-state index in [1.54, 1.807) is 0 Å². The molecule has 0 radical (unpaired) electrons. The Morgan fingerprint density at radius 3 is 1.30 bits per heavy atom. The van der Waals surface area contributed by atoms with Crippen molar-refractivity contribution in [3.63, 3.8) is 0 Å². The fraction of sp³-hybridized carbons (Fsp3) is 0.857. The monoisotopic (exact) mass is 446 g/mol. The van der Waals surface area contributed by atoms with Gasteiger partial charge in [0.25, 0.3) is 0 Å². The van der Waals surface area contributed by atoms with Crippen LogP contribution in [0, 0.1) is 0 Å². The first-order valence-electron chi connectivity index (χ1n) is 7.69.